The molecule has 1 aromatic carbocycles. The van der Waals surface area contributed by atoms with Gasteiger partial charge in [-0.15, -0.1) is 0 Å². The Labute approximate surface area is 160 Å². The summed E-state index contributed by atoms with van der Waals surface area (Å²) in [6.45, 7) is 8.70. The fourth-order valence-corrected chi connectivity index (χ4v) is 3.60. The van der Waals surface area contributed by atoms with Crippen LogP contribution in [0.1, 0.15) is 42.9 Å². The molecule has 0 spiro atoms. The average molecular weight is 370 g/mol. The zero-order valence-electron chi connectivity index (χ0n) is 16.3. The predicted molar refractivity (Wildman–Crippen MR) is 104 cm³/mol. The summed E-state index contributed by atoms with van der Waals surface area (Å²) in [6.07, 6.45) is 1.78. The summed E-state index contributed by atoms with van der Waals surface area (Å²) < 4.78 is 14.2. The standard InChI is InChI=1S/C21H27FN4O/c1-4-19-17(14-16-8-6-7-9-18(16)22)21(24-15(3)23-19)26-12-10-25(11-13-26)20(27)5-2/h6-9H,4-5,10-14H2,1-3H3. The highest BCUT2D eigenvalue weighted by atomic mass is 19.1. The molecule has 1 aromatic heterocycles. The molecule has 0 unspecified atom stereocenters. The Morgan fingerprint density at radius 1 is 1.11 bits per heavy atom. The third-order valence-corrected chi connectivity index (χ3v) is 5.08. The number of halogens is 1. The molecule has 1 amide bonds. The van der Waals surface area contributed by atoms with E-state index in [1.807, 2.05) is 30.9 Å². The number of hydrogen-bond acceptors (Lipinski definition) is 4. The molecular formula is C21H27FN4O. The lowest BCUT2D eigenvalue weighted by molar-refractivity contribution is -0.131. The van der Waals surface area contributed by atoms with E-state index in [1.165, 1.54) is 6.07 Å². The summed E-state index contributed by atoms with van der Waals surface area (Å²) >= 11 is 0. The van der Waals surface area contributed by atoms with E-state index in [-0.39, 0.29) is 11.7 Å². The van der Waals surface area contributed by atoms with E-state index in [0.717, 1.165) is 42.4 Å². The van der Waals surface area contributed by atoms with E-state index >= 15 is 0 Å². The van der Waals surface area contributed by atoms with Crippen LogP contribution in [0.4, 0.5) is 10.2 Å². The quantitative estimate of drug-likeness (QED) is 0.811. The zero-order chi connectivity index (χ0) is 19.4. The van der Waals surface area contributed by atoms with E-state index < -0.39 is 0 Å². The van der Waals surface area contributed by atoms with Gasteiger partial charge in [-0.1, -0.05) is 32.0 Å². The van der Waals surface area contributed by atoms with Crippen LogP contribution in [0.15, 0.2) is 24.3 Å². The molecule has 27 heavy (non-hydrogen) atoms. The zero-order valence-corrected chi connectivity index (χ0v) is 16.3. The van der Waals surface area contributed by atoms with Crippen LogP contribution in [0.25, 0.3) is 0 Å². The largest absolute Gasteiger partial charge is 0.353 e. The van der Waals surface area contributed by atoms with Gasteiger partial charge in [0.05, 0.1) is 0 Å². The lowest BCUT2D eigenvalue weighted by Gasteiger charge is -2.36. The van der Waals surface area contributed by atoms with Gasteiger partial charge in [-0.2, -0.15) is 0 Å². The fourth-order valence-electron chi connectivity index (χ4n) is 3.60. The van der Waals surface area contributed by atoms with Crippen LogP contribution >= 0.6 is 0 Å². The summed E-state index contributed by atoms with van der Waals surface area (Å²) in [7, 11) is 0. The van der Waals surface area contributed by atoms with Crippen molar-refractivity contribution >= 4 is 11.7 Å². The highest BCUT2D eigenvalue weighted by molar-refractivity contribution is 5.76. The van der Waals surface area contributed by atoms with Crippen LogP contribution in [0, 0.1) is 12.7 Å². The number of aromatic nitrogens is 2. The lowest BCUT2D eigenvalue weighted by atomic mass is 10.0. The monoisotopic (exact) mass is 370 g/mol. The van der Waals surface area contributed by atoms with E-state index in [4.69, 9.17) is 4.98 Å². The van der Waals surface area contributed by atoms with Gasteiger partial charge in [-0.3, -0.25) is 4.79 Å². The van der Waals surface area contributed by atoms with Crippen molar-refractivity contribution in [2.45, 2.75) is 40.0 Å². The van der Waals surface area contributed by atoms with Crippen molar-refractivity contribution in [2.24, 2.45) is 0 Å². The number of benzene rings is 1. The summed E-state index contributed by atoms with van der Waals surface area (Å²) in [5.74, 6) is 1.59. The molecule has 0 N–H and O–H groups in total. The van der Waals surface area contributed by atoms with E-state index in [0.29, 0.717) is 31.5 Å². The highest BCUT2D eigenvalue weighted by Gasteiger charge is 2.24. The molecule has 6 heteroatoms. The first-order valence-corrected chi connectivity index (χ1v) is 9.66. The third kappa shape index (κ3) is 4.26. The average Bonchev–Trinajstić information content (AvgIpc) is 2.70. The van der Waals surface area contributed by atoms with Gasteiger partial charge in [0.1, 0.15) is 17.5 Å². The molecule has 0 bridgehead atoms. The number of carbonyl (C=O) groups is 1. The molecular weight excluding hydrogens is 343 g/mol. The molecule has 1 aliphatic rings. The molecule has 5 nitrogen and oxygen atoms in total. The van der Waals surface area contributed by atoms with Gasteiger partial charge in [-0.25, -0.2) is 14.4 Å². The maximum absolute atomic E-state index is 14.2. The second kappa shape index (κ2) is 8.46. The predicted octanol–water partition coefficient (Wildman–Crippen LogP) is 3.14. The topological polar surface area (TPSA) is 49.3 Å². The van der Waals surface area contributed by atoms with E-state index in [9.17, 15) is 9.18 Å². The van der Waals surface area contributed by atoms with Gasteiger partial charge in [-0.05, 0) is 25.0 Å². The number of rotatable bonds is 5. The van der Waals surface area contributed by atoms with Crippen LogP contribution in [0.5, 0.6) is 0 Å². The van der Waals surface area contributed by atoms with Crippen molar-refractivity contribution in [1.82, 2.24) is 14.9 Å². The van der Waals surface area contributed by atoms with Gasteiger partial charge in [0, 0.05) is 50.3 Å². The molecule has 1 aliphatic heterocycles. The maximum atomic E-state index is 14.2. The first-order valence-electron chi connectivity index (χ1n) is 9.66. The minimum absolute atomic E-state index is 0.189. The Hall–Kier alpha value is -2.50. The van der Waals surface area contributed by atoms with Crippen molar-refractivity contribution in [3.63, 3.8) is 0 Å². The number of amides is 1. The van der Waals surface area contributed by atoms with Crippen LogP contribution in [-0.2, 0) is 17.6 Å². The van der Waals surface area contributed by atoms with E-state index in [2.05, 4.69) is 16.8 Å². The Kier molecular flexibility index (Phi) is 6.04. The number of piperazine rings is 1. The van der Waals surface area contributed by atoms with Crippen molar-refractivity contribution in [2.75, 3.05) is 31.1 Å². The summed E-state index contributed by atoms with van der Waals surface area (Å²) in [5, 5.41) is 0. The number of hydrogen-bond donors (Lipinski definition) is 0. The van der Waals surface area contributed by atoms with Crippen LogP contribution < -0.4 is 4.90 Å². The van der Waals surface area contributed by atoms with Gasteiger partial charge in [0.15, 0.2) is 0 Å². The molecule has 2 heterocycles. The first-order chi connectivity index (χ1) is 13.0. The molecule has 1 saturated heterocycles. The fraction of sp³-hybridized carbons (Fsp3) is 0.476. The van der Waals surface area contributed by atoms with Gasteiger partial charge < -0.3 is 9.80 Å². The van der Waals surface area contributed by atoms with Crippen molar-refractivity contribution < 1.29 is 9.18 Å². The first kappa shape index (κ1) is 19.3. The molecule has 3 rings (SSSR count). The Morgan fingerprint density at radius 3 is 2.44 bits per heavy atom. The Bertz CT molecular complexity index is 816. The SMILES string of the molecule is CCC(=O)N1CCN(c2nc(C)nc(CC)c2Cc2ccccc2F)CC1. The molecule has 0 saturated carbocycles. The Morgan fingerprint density at radius 2 is 1.81 bits per heavy atom. The smallest absolute Gasteiger partial charge is 0.222 e. The number of anilines is 1. The third-order valence-electron chi connectivity index (χ3n) is 5.08. The minimum atomic E-state index is -0.204. The highest BCUT2D eigenvalue weighted by Crippen LogP contribution is 2.26. The van der Waals surface area contributed by atoms with Crippen LogP contribution in [0.3, 0.4) is 0 Å². The summed E-state index contributed by atoms with van der Waals surface area (Å²) in [6, 6.07) is 6.87. The number of aryl methyl sites for hydroxylation is 2. The van der Waals surface area contributed by atoms with Gasteiger partial charge in [0.25, 0.3) is 0 Å². The number of nitrogens with zero attached hydrogens (tertiary/aromatic N) is 4. The molecule has 0 radical (unpaired) electrons. The molecule has 0 atom stereocenters. The van der Waals surface area contributed by atoms with Crippen molar-refractivity contribution in [3.05, 3.63) is 52.7 Å². The van der Waals surface area contributed by atoms with Crippen molar-refractivity contribution in [3.8, 4) is 0 Å². The summed E-state index contributed by atoms with van der Waals surface area (Å²) in [4.78, 5) is 25.4. The van der Waals surface area contributed by atoms with Gasteiger partial charge in [0.2, 0.25) is 5.91 Å². The second-order valence-electron chi connectivity index (χ2n) is 6.86. The normalized spacial score (nSPS) is 14.5. The maximum Gasteiger partial charge on any atom is 0.222 e. The summed E-state index contributed by atoms with van der Waals surface area (Å²) in [5.41, 5.74) is 2.61. The van der Waals surface area contributed by atoms with Crippen LogP contribution in [0.2, 0.25) is 0 Å². The molecule has 2 aromatic rings. The van der Waals surface area contributed by atoms with Gasteiger partial charge >= 0.3 is 0 Å². The minimum Gasteiger partial charge on any atom is -0.353 e. The van der Waals surface area contributed by atoms with Crippen molar-refractivity contribution in [1.29, 1.82) is 0 Å². The molecule has 1 fully saturated rings. The number of carbonyl (C=O) groups excluding carboxylic acids is 1. The molecule has 144 valence electrons. The molecule has 0 aliphatic carbocycles. The Balaban J connectivity index is 1.92. The van der Waals surface area contributed by atoms with E-state index in [1.54, 1.807) is 6.07 Å². The second-order valence-corrected chi connectivity index (χ2v) is 6.86. The lowest BCUT2D eigenvalue weighted by Crippen LogP contribution is -2.49. The van der Waals surface area contributed by atoms with Crippen LogP contribution in [-0.4, -0.2) is 47.0 Å².